The summed E-state index contributed by atoms with van der Waals surface area (Å²) in [6, 6.07) is 4.20. The van der Waals surface area contributed by atoms with Gasteiger partial charge in [-0.25, -0.2) is 9.18 Å². The van der Waals surface area contributed by atoms with Crippen molar-refractivity contribution < 1.29 is 14.3 Å². The summed E-state index contributed by atoms with van der Waals surface area (Å²) < 4.78 is 13.4. The zero-order valence-corrected chi connectivity index (χ0v) is 8.79. The molecule has 1 N–H and O–H groups in total. The van der Waals surface area contributed by atoms with Gasteiger partial charge in [0.15, 0.2) is 0 Å². The molecule has 82 valence electrons. The number of carbonyl (C=O) groups is 1. The lowest BCUT2D eigenvalue weighted by Gasteiger charge is -2.06. The fraction of sp³-hybridized carbons (Fsp3) is 0.417. The first kappa shape index (κ1) is 11.7. The maximum Gasteiger partial charge on any atom is 0.336 e. The molecule has 0 aliphatic carbocycles. The van der Waals surface area contributed by atoms with Crippen molar-refractivity contribution in [3.8, 4) is 0 Å². The molecule has 2 nitrogen and oxygen atoms in total. The Morgan fingerprint density at radius 3 is 2.73 bits per heavy atom. The molecule has 1 rings (SSSR count). The number of aromatic carboxylic acids is 1. The second-order valence-corrected chi connectivity index (χ2v) is 3.53. The van der Waals surface area contributed by atoms with Crippen LogP contribution in [0.15, 0.2) is 18.2 Å². The SMILES string of the molecule is CCCCCc1c(F)cccc1C(=O)O. The van der Waals surface area contributed by atoms with Crippen molar-refractivity contribution in [1.29, 1.82) is 0 Å². The van der Waals surface area contributed by atoms with E-state index in [1.54, 1.807) is 0 Å². The van der Waals surface area contributed by atoms with Gasteiger partial charge in [-0.05, 0) is 25.0 Å². The van der Waals surface area contributed by atoms with E-state index in [1.165, 1.54) is 18.2 Å². The molecule has 0 fully saturated rings. The molecule has 0 unspecified atom stereocenters. The molecule has 0 saturated carbocycles. The number of hydrogen-bond acceptors (Lipinski definition) is 1. The molecule has 3 heteroatoms. The van der Waals surface area contributed by atoms with Crippen LogP contribution in [0.2, 0.25) is 0 Å². The third-order valence-corrected chi connectivity index (χ3v) is 2.38. The van der Waals surface area contributed by atoms with E-state index in [0.29, 0.717) is 12.0 Å². The Hall–Kier alpha value is -1.38. The molecule has 0 spiro atoms. The van der Waals surface area contributed by atoms with Gasteiger partial charge < -0.3 is 5.11 Å². The van der Waals surface area contributed by atoms with E-state index in [0.717, 1.165) is 19.3 Å². The van der Waals surface area contributed by atoms with Gasteiger partial charge in [0.05, 0.1) is 5.56 Å². The average Bonchev–Trinajstić information content (AvgIpc) is 2.20. The van der Waals surface area contributed by atoms with Gasteiger partial charge in [-0.15, -0.1) is 0 Å². The summed E-state index contributed by atoms with van der Waals surface area (Å²) in [4.78, 5) is 10.8. The molecule has 0 radical (unpaired) electrons. The lowest BCUT2D eigenvalue weighted by molar-refractivity contribution is 0.0695. The highest BCUT2D eigenvalue weighted by Crippen LogP contribution is 2.16. The Morgan fingerprint density at radius 1 is 1.40 bits per heavy atom. The summed E-state index contributed by atoms with van der Waals surface area (Å²) in [5, 5.41) is 8.88. The third-order valence-electron chi connectivity index (χ3n) is 2.38. The van der Waals surface area contributed by atoms with Crippen LogP contribution in [0.4, 0.5) is 4.39 Å². The summed E-state index contributed by atoms with van der Waals surface area (Å²) in [6.07, 6.45) is 3.37. The normalized spacial score (nSPS) is 10.3. The van der Waals surface area contributed by atoms with Gasteiger partial charge in [0, 0.05) is 5.56 Å². The van der Waals surface area contributed by atoms with Gasteiger partial charge in [0.25, 0.3) is 0 Å². The summed E-state index contributed by atoms with van der Waals surface area (Å²) in [7, 11) is 0. The lowest BCUT2D eigenvalue weighted by Crippen LogP contribution is -2.04. The molecule has 1 aromatic carbocycles. The predicted molar refractivity (Wildman–Crippen MR) is 56.6 cm³/mol. The van der Waals surface area contributed by atoms with Crippen LogP contribution in [-0.4, -0.2) is 11.1 Å². The molecule has 0 atom stereocenters. The number of unbranched alkanes of at least 4 members (excludes halogenated alkanes) is 2. The number of benzene rings is 1. The van der Waals surface area contributed by atoms with Gasteiger partial charge >= 0.3 is 5.97 Å². The van der Waals surface area contributed by atoms with Gasteiger partial charge in [-0.3, -0.25) is 0 Å². The van der Waals surface area contributed by atoms with Crippen molar-refractivity contribution >= 4 is 5.97 Å². The first-order chi connectivity index (χ1) is 7.16. The Kier molecular flexibility index (Phi) is 4.28. The number of carboxylic acids is 1. The van der Waals surface area contributed by atoms with Crippen LogP contribution in [0.25, 0.3) is 0 Å². The molecule has 0 aliphatic rings. The van der Waals surface area contributed by atoms with Gasteiger partial charge in [0.2, 0.25) is 0 Å². The van der Waals surface area contributed by atoms with Crippen LogP contribution in [0.3, 0.4) is 0 Å². The monoisotopic (exact) mass is 210 g/mol. The average molecular weight is 210 g/mol. The number of hydrogen-bond donors (Lipinski definition) is 1. The summed E-state index contributed by atoms with van der Waals surface area (Å²) in [5.41, 5.74) is 0.421. The highest BCUT2D eigenvalue weighted by molar-refractivity contribution is 5.89. The van der Waals surface area contributed by atoms with Crippen molar-refractivity contribution in [3.63, 3.8) is 0 Å². The van der Waals surface area contributed by atoms with Crippen molar-refractivity contribution in [2.24, 2.45) is 0 Å². The van der Waals surface area contributed by atoms with Crippen LogP contribution in [0.1, 0.15) is 42.1 Å². The highest BCUT2D eigenvalue weighted by atomic mass is 19.1. The molecule has 0 heterocycles. The lowest BCUT2D eigenvalue weighted by atomic mass is 10.0. The van der Waals surface area contributed by atoms with E-state index >= 15 is 0 Å². The van der Waals surface area contributed by atoms with Crippen molar-refractivity contribution in [2.75, 3.05) is 0 Å². The minimum Gasteiger partial charge on any atom is -0.478 e. The van der Waals surface area contributed by atoms with Crippen molar-refractivity contribution in [3.05, 3.63) is 35.1 Å². The van der Waals surface area contributed by atoms with Crippen molar-refractivity contribution in [1.82, 2.24) is 0 Å². The highest BCUT2D eigenvalue weighted by Gasteiger charge is 2.13. The molecule has 1 aromatic rings. The second kappa shape index (κ2) is 5.49. The Morgan fingerprint density at radius 2 is 2.13 bits per heavy atom. The second-order valence-electron chi connectivity index (χ2n) is 3.53. The van der Waals surface area contributed by atoms with E-state index < -0.39 is 11.8 Å². The fourth-order valence-electron chi connectivity index (χ4n) is 1.56. The van der Waals surface area contributed by atoms with E-state index in [-0.39, 0.29) is 5.56 Å². The van der Waals surface area contributed by atoms with Crippen LogP contribution in [0.5, 0.6) is 0 Å². The van der Waals surface area contributed by atoms with Crippen molar-refractivity contribution in [2.45, 2.75) is 32.6 Å². The Balaban J connectivity index is 2.87. The largest absolute Gasteiger partial charge is 0.478 e. The van der Waals surface area contributed by atoms with E-state index in [4.69, 9.17) is 5.11 Å². The Bertz CT molecular complexity index is 347. The zero-order valence-electron chi connectivity index (χ0n) is 8.79. The van der Waals surface area contributed by atoms with Crippen LogP contribution < -0.4 is 0 Å². The maximum absolute atomic E-state index is 13.4. The van der Waals surface area contributed by atoms with E-state index in [1.807, 2.05) is 0 Å². The van der Waals surface area contributed by atoms with Gasteiger partial charge in [-0.2, -0.15) is 0 Å². The zero-order chi connectivity index (χ0) is 11.3. The molecule has 0 amide bonds. The Labute approximate surface area is 88.7 Å². The molecule has 0 aromatic heterocycles. The third kappa shape index (κ3) is 3.05. The minimum atomic E-state index is -1.05. The quantitative estimate of drug-likeness (QED) is 0.757. The number of carboxylic acid groups (broad SMARTS) is 1. The van der Waals surface area contributed by atoms with E-state index in [2.05, 4.69) is 6.92 Å². The standard InChI is InChI=1S/C12H15FO2/c1-2-3-4-6-9-10(12(14)15)7-5-8-11(9)13/h5,7-8H,2-4,6H2,1H3,(H,14,15). The molecule has 0 bridgehead atoms. The van der Waals surface area contributed by atoms with Crippen LogP contribution in [0, 0.1) is 5.82 Å². The molecule has 0 aliphatic heterocycles. The number of halogens is 1. The molecular weight excluding hydrogens is 195 g/mol. The summed E-state index contributed by atoms with van der Waals surface area (Å²) >= 11 is 0. The first-order valence-electron chi connectivity index (χ1n) is 5.17. The molecular formula is C12H15FO2. The van der Waals surface area contributed by atoms with Crippen LogP contribution in [-0.2, 0) is 6.42 Å². The van der Waals surface area contributed by atoms with Gasteiger partial charge in [-0.1, -0.05) is 25.8 Å². The van der Waals surface area contributed by atoms with Crippen LogP contribution >= 0.6 is 0 Å². The minimum absolute atomic E-state index is 0.0890. The van der Waals surface area contributed by atoms with Gasteiger partial charge in [0.1, 0.15) is 5.82 Å². The first-order valence-corrected chi connectivity index (χ1v) is 5.17. The molecule has 15 heavy (non-hydrogen) atoms. The predicted octanol–water partition coefficient (Wildman–Crippen LogP) is 3.26. The fourth-order valence-corrected chi connectivity index (χ4v) is 1.56. The topological polar surface area (TPSA) is 37.3 Å². The summed E-state index contributed by atoms with van der Waals surface area (Å²) in [5.74, 6) is -1.47. The molecule has 0 saturated heterocycles. The maximum atomic E-state index is 13.4. The van der Waals surface area contributed by atoms with E-state index in [9.17, 15) is 9.18 Å². The number of rotatable bonds is 5. The summed E-state index contributed by atoms with van der Waals surface area (Å²) in [6.45, 7) is 2.06. The smallest absolute Gasteiger partial charge is 0.336 e.